The van der Waals surface area contributed by atoms with E-state index < -0.39 is 0 Å². The van der Waals surface area contributed by atoms with Gasteiger partial charge in [0, 0.05) is 18.5 Å². The van der Waals surface area contributed by atoms with Gasteiger partial charge in [-0.1, -0.05) is 12.1 Å². The average Bonchev–Trinajstić information content (AvgIpc) is 2.98. The third-order valence-corrected chi connectivity index (χ3v) is 2.67. The molecular weight excluding hydrogens is 234 g/mol. The van der Waals surface area contributed by atoms with Crippen LogP contribution in [0.1, 0.15) is 24.6 Å². The third-order valence-electron chi connectivity index (χ3n) is 2.67. The van der Waals surface area contributed by atoms with Crippen LogP contribution in [-0.2, 0) is 17.8 Å². The van der Waals surface area contributed by atoms with Gasteiger partial charge in [-0.2, -0.15) is 0 Å². The predicted molar refractivity (Wildman–Crippen MR) is 63.9 cm³/mol. The fourth-order valence-electron chi connectivity index (χ4n) is 1.57. The van der Waals surface area contributed by atoms with Crippen LogP contribution in [0.3, 0.4) is 0 Å². The van der Waals surface area contributed by atoms with Gasteiger partial charge in [0.05, 0.1) is 5.69 Å². The molecule has 96 valence electrons. The summed E-state index contributed by atoms with van der Waals surface area (Å²) in [6.45, 7) is 4.40. The highest BCUT2D eigenvalue weighted by Gasteiger charge is 2.12. The second kappa shape index (κ2) is 5.44. The topological polar surface area (TPSA) is 85.8 Å². The van der Waals surface area contributed by atoms with Crippen molar-refractivity contribution in [2.45, 2.75) is 33.2 Å². The maximum Gasteiger partial charge on any atom is 0.234 e. The van der Waals surface area contributed by atoms with Crippen molar-refractivity contribution in [2.24, 2.45) is 0 Å². The van der Waals surface area contributed by atoms with Gasteiger partial charge in [-0.3, -0.25) is 10.1 Å². The lowest BCUT2D eigenvalue weighted by atomic mass is 10.2. The summed E-state index contributed by atoms with van der Waals surface area (Å²) in [4.78, 5) is 11.7. The SMILES string of the molecule is CCc1noc(NC(=O)CCn2cnnc2)c1C. The molecule has 0 radical (unpaired) electrons. The van der Waals surface area contributed by atoms with Crippen LogP contribution >= 0.6 is 0 Å². The Morgan fingerprint density at radius 2 is 2.17 bits per heavy atom. The van der Waals surface area contributed by atoms with Gasteiger partial charge < -0.3 is 9.09 Å². The molecule has 7 heteroatoms. The van der Waals surface area contributed by atoms with Gasteiger partial charge in [-0.05, 0) is 13.3 Å². The number of hydrogen-bond acceptors (Lipinski definition) is 5. The molecule has 1 N–H and O–H groups in total. The number of carbonyl (C=O) groups is 1. The lowest BCUT2D eigenvalue weighted by Crippen LogP contribution is -2.14. The zero-order valence-corrected chi connectivity index (χ0v) is 10.4. The summed E-state index contributed by atoms with van der Waals surface area (Å²) in [5, 5.41) is 13.9. The summed E-state index contributed by atoms with van der Waals surface area (Å²) < 4.78 is 6.82. The first-order chi connectivity index (χ1) is 8.70. The highest BCUT2D eigenvalue weighted by atomic mass is 16.5. The summed E-state index contributed by atoms with van der Waals surface area (Å²) in [5.41, 5.74) is 1.75. The number of carbonyl (C=O) groups excluding carboxylic acids is 1. The lowest BCUT2D eigenvalue weighted by Gasteiger charge is -2.02. The molecule has 0 fully saturated rings. The minimum absolute atomic E-state index is 0.120. The summed E-state index contributed by atoms with van der Waals surface area (Å²) in [6, 6.07) is 0. The lowest BCUT2D eigenvalue weighted by molar-refractivity contribution is -0.116. The summed E-state index contributed by atoms with van der Waals surface area (Å²) >= 11 is 0. The van der Waals surface area contributed by atoms with E-state index in [1.807, 2.05) is 13.8 Å². The van der Waals surface area contributed by atoms with E-state index >= 15 is 0 Å². The largest absolute Gasteiger partial charge is 0.338 e. The number of amides is 1. The van der Waals surface area contributed by atoms with Crippen LogP contribution in [0.4, 0.5) is 5.88 Å². The molecule has 18 heavy (non-hydrogen) atoms. The molecule has 0 saturated carbocycles. The van der Waals surface area contributed by atoms with Crippen LogP contribution in [0.25, 0.3) is 0 Å². The van der Waals surface area contributed by atoms with E-state index in [0.29, 0.717) is 18.8 Å². The van der Waals surface area contributed by atoms with Crippen molar-refractivity contribution >= 4 is 11.8 Å². The molecule has 0 atom stereocenters. The van der Waals surface area contributed by atoms with Crippen molar-refractivity contribution in [3.05, 3.63) is 23.9 Å². The number of aryl methyl sites for hydroxylation is 2. The van der Waals surface area contributed by atoms with Gasteiger partial charge in [-0.25, -0.2) is 0 Å². The zero-order valence-electron chi connectivity index (χ0n) is 10.4. The van der Waals surface area contributed by atoms with Gasteiger partial charge in [-0.15, -0.1) is 10.2 Å². The summed E-state index contributed by atoms with van der Waals surface area (Å²) in [7, 11) is 0. The molecule has 2 heterocycles. The molecule has 0 aliphatic carbocycles. The average molecular weight is 249 g/mol. The van der Waals surface area contributed by atoms with Crippen LogP contribution in [0.5, 0.6) is 0 Å². The predicted octanol–water partition coefficient (Wildman–Crippen LogP) is 1.17. The number of nitrogens with zero attached hydrogens (tertiary/aromatic N) is 4. The normalized spacial score (nSPS) is 10.6. The van der Waals surface area contributed by atoms with Crippen molar-refractivity contribution < 1.29 is 9.32 Å². The van der Waals surface area contributed by atoms with E-state index in [0.717, 1.165) is 17.7 Å². The molecule has 0 spiro atoms. The van der Waals surface area contributed by atoms with Crippen LogP contribution in [0.2, 0.25) is 0 Å². The summed E-state index contributed by atoms with van der Waals surface area (Å²) in [6.07, 6.45) is 4.26. The van der Waals surface area contributed by atoms with E-state index in [1.54, 1.807) is 17.2 Å². The molecule has 0 saturated heterocycles. The molecule has 0 bridgehead atoms. The molecular formula is C11H15N5O2. The molecule has 0 aliphatic rings. The fraction of sp³-hybridized carbons (Fsp3) is 0.455. The van der Waals surface area contributed by atoms with Gasteiger partial charge >= 0.3 is 0 Å². The van der Waals surface area contributed by atoms with Crippen LogP contribution in [0, 0.1) is 6.92 Å². The second-order valence-corrected chi connectivity index (χ2v) is 3.93. The highest BCUT2D eigenvalue weighted by Crippen LogP contribution is 2.18. The fourth-order valence-corrected chi connectivity index (χ4v) is 1.57. The first-order valence-electron chi connectivity index (χ1n) is 5.78. The van der Waals surface area contributed by atoms with Crippen LogP contribution in [-0.4, -0.2) is 25.8 Å². The molecule has 2 rings (SSSR count). The standard InChI is InChI=1S/C11H15N5O2/c1-3-9-8(2)11(18-15-9)14-10(17)4-5-16-6-12-13-7-16/h6-7H,3-5H2,1-2H3,(H,14,17). The van der Waals surface area contributed by atoms with E-state index in [1.165, 1.54) is 0 Å². The molecule has 2 aromatic heterocycles. The van der Waals surface area contributed by atoms with Crippen LogP contribution in [0.15, 0.2) is 17.2 Å². The van der Waals surface area contributed by atoms with E-state index in [2.05, 4.69) is 20.7 Å². The number of rotatable bonds is 5. The second-order valence-electron chi connectivity index (χ2n) is 3.93. The molecule has 7 nitrogen and oxygen atoms in total. The van der Waals surface area contributed by atoms with Gasteiger partial charge in [0.25, 0.3) is 0 Å². The summed E-state index contributed by atoms with van der Waals surface area (Å²) in [5.74, 6) is 0.311. The Labute approximate surface area is 104 Å². The Bertz CT molecular complexity index is 518. The van der Waals surface area contributed by atoms with Gasteiger partial charge in [0.1, 0.15) is 12.7 Å². The quantitative estimate of drug-likeness (QED) is 0.859. The molecule has 0 unspecified atom stereocenters. The Kier molecular flexibility index (Phi) is 3.71. The molecule has 1 amide bonds. The number of nitrogens with one attached hydrogen (secondary N) is 1. The number of aromatic nitrogens is 4. The van der Waals surface area contributed by atoms with Crippen molar-refractivity contribution in [3.8, 4) is 0 Å². The Hall–Kier alpha value is -2.18. The van der Waals surface area contributed by atoms with Crippen molar-refractivity contribution in [3.63, 3.8) is 0 Å². The first kappa shape index (κ1) is 12.3. The minimum Gasteiger partial charge on any atom is -0.338 e. The first-order valence-corrected chi connectivity index (χ1v) is 5.78. The number of anilines is 1. The highest BCUT2D eigenvalue weighted by molar-refractivity contribution is 5.89. The smallest absolute Gasteiger partial charge is 0.234 e. The van der Waals surface area contributed by atoms with E-state index in [9.17, 15) is 4.79 Å². The number of hydrogen-bond donors (Lipinski definition) is 1. The van der Waals surface area contributed by atoms with Crippen molar-refractivity contribution in [1.82, 2.24) is 19.9 Å². The maximum atomic E-state index is 11.7. The van der Waals surface area contributed by atoms with E-state index in [-0.39, 0.29) is 5.91 Å². The Morgan fingerprint density at radius 3 is 2.78 bits per heavy atom. The zero-order chi connectivity index (χ0) is 13.0. The van der Waals surface area contributed by atoms with E-state index in [4.69, 9.17) is 4.52 Å². The minimum atomic E-state index is -0.120. The van der Waals surface area contributed by atoms with Crippen molar-refractivity contribution in [2.75, 3.05) is 5.32 Å². The Balaban J connectivity index is 1.89. The molecule has 2 aromatic rings. The molecule has 0 aliphatic heterocycles. The van der Waals surface area contributed by atoms with Gasteiger partial charge in [0.15, 0.2) is 0 Å². The maximum absolute atomic E-state index is 11.7. The van der Waals surface area contributed by atoms with Gasteiger partial charge in [0.2, 0.25) is 11.8 Å². The monoisotopic (exact) mass is 249 g/mol. The van der Waals surface area contributed by atoms with Crippen LogP contribution < -0.4 is 5.32 Å². The molecule has 0 aromatic carbocycles. The van der Waals surface area contributed by atoms with Crippen molar-refractivity contribution in [1.29, 1.82) is 0 Å². The third kappa shape index (κ3) is 2.73. The Morgan fingerprint density at radius 1 is 1.44 bits per heavy atom.